The highest BCUT2D eigenvalue weighted by Gasteiger charge is 2.37. The summed E-state index contributed by atoms with van der Waals surface area (Å²) in [6.07, 6.45) is 9.06. The van der Waals surface area contributed by atoms with Crippen LogP contribution in [-0.2, 0) is 0 Å². The van der Waals surface area contributed by atoms with Crippen LogP contribution in [0.5, 0.6) is 0 Å². The number of nitrogens with two attached hydrogens (primary N) is 1. The van der Waals surface area contributed by atoms with Gasteiger partial charge < -0.3 is 5.73 Å². The Bertz CT molecular complexity index is 176. The van der Waals surface area contributed by atoms with Gasteiger partial charge in [0.05, 0.1) is 6.04 Å². The fraction of sp³-hybridized carbons (Fsp3) is 0.800. The van der Waals surface area contributed by atoms with Gasteiger partial charge in [-0.05, 0) is 24.2 Å². The van der Waals surface area contributed by atoms with Crippen LogP contribution in [0.2, 0.25) is 0 Å². The lowest BCUT2D eigenvalue weighted by Gasteiger charge is -2.29. The summed E-state index contributed by atoms with van der Waals surface area (Å²) in [6.45, 7) is 4.53. The fourth-order valence-corrected chi connectivity index (χ4v) is 2.14. The maximum Gasteiger partial charge on any atom is 0.0695 e. The molecular weight excluding hydrogens is 134 g/mol. The van der Waals surface area contributed by atoms with E-state index in [1.54, 1.807) is 0 Å². The molecule has 2 N–H and O–H groups in total. The van der Waals surface area contributed by atoms with E-state index in [1.807, 2.05) is 0 Å². The maximum absolute atomic E-state index is 5.82. The van der Waals surface area contributed by atoms with Crippen LogP contribution < -0.4 is 5.73 Å². The summed E-state index contributed by atoms with van der Waals surface area (Å²) in [5.41, 5.74) is 6.18. The minimum Gasteiger partial charge on any atom is -0.317 e. The molecule has 62 valence electrons. The molecule has 1 heteroatoms. The molecule has 1 nitrogen and oxygen atoms in total. The normalized spacial score (nSPS) is 31.3. The lowest BCUT2D eigenvalue weighted by Crippen LogP contribution is -2.35. The Balaban J connectivity index is 2.66. The number of hydrogen-bond donors (Lipinski definition) is 1. The van der Waals surface area contributed by atoms with Crippen molar-refractivity contribution in [3.05, 3.63) is 0 Å². The monoisotopic (exact) mass is 151 g/mol. The average Bonchev–Trinajstić information content (AvgIpc) is 2.28. The lowest BCUT2D eigenvalue weighted by molar-refractivity contribution is 0.244. The fourth-order valence-electron chi connectivity index (χ4n) is 2.14. The molecule has 1 aliphatic rings. The van der Waals surface area contributed by atoms with Crippen LogP contribution in [0.25, 0.3) is 0 Å². The van der Waals surface area contributed by atoms with Crippen molar-refractivity contribution in [1.29, 1.82) is 0 Å². The highest BCUT2D eigenvalue weighted by molar-refractivity contribution is 5.05. The standard InChI is InChI=1S/C10H17N/c1-4-9(11)8-6-5-7-10(8,2)3/h1,8-9H,5-7,11H2,2-3H3. The molecule has 0 heterocycles. The maximum atomic E-state index is 5.82. The first-order valence-corrected chi connectivity index (χ1v) is 4.29. The van der Waals surface area contributed by atoms with Crippen LogP contribution in [0.15, 0.2) is 0 Å². The van der Waals surface area contributed by atoms with E-state index in [2.05, 4.69) is 19.8 Å². The summed E-state index contributed by atoms with van der Waals surface area (Å²) in [7, 11) is 0. The number of terminal acetylenes is 1. The summed E-state index contributed by atoms with van der Waals surface area (Å²) in [5, 5.41) is 0. The summed E-state index contributed by atoms with van der Waals surface area (Å²) in [5.74, 6) is 3.17. The zero-order valence-corrected chi connectivity index (χ0v) is 7.43. The molecule has 0 amide bonds. The second kappa shape index (κ2) is 2.87. The average molecular weight is 151 g/mol. The Kier molecular flexibility index (Phi) is 2.25. The van der Waals surface area contributed by atoms with E-state index in [0.29, 0.717) is 11.3 Å². The van der Waals surface area contributed by atoms with Gasteiger partial charge in [-0.25, -0.2) is 0 Å². The zero-order chi connectivity index (χ0) is 8.48. The van der Waals surface area contributed by atoms with Crippen molar-refractivity contribution < 1.29 is 0 Å². The van der Waals surface area contributed by atoms with Crippen molar-refractivity contribution in [3.63, 3.8) is 0 Å². The predicted octanol–water partition coefficient (Wildman–Crippen LogP) is 1.77. The van der Waals surface area contributed by atoms with Crippen LogP contribution in [0, 0.1) is 23.7 Å². The molecule has 1 saturated carbocycles. The van der Waals surface area contributed by atoms with Gasteiger partial charge in [-0.2, -0.15) is 0 Å². The molecule has 2 atom stereocenters. The number of rotatable bonds is 1. The molecule has 0 aromatic carbocycles. The van der Waals surface area contributed by atoms with E-state index in [0.717, 1.165) is 0 Å². The molecule has 0 aliphatic heterocycles. The minimum absolute atomic E-state index is 0.0347. The molecule has 2 unspecified atom stereocenters. The zero-order valence-electron chi connectivity index (χ0n) is 7.43. The van der Waals surface area contributed by atoms with Gasteiger partial charge >= 0.3 is 0 Å². The molecule has 0 aromatic heterocycles. The number of hydrogen-bond acceptors (Lipinski definition) is 1. The Hall–Kier alpha value is -0.480. The molecule has 0 spiro atoms. The van der Waals surface area contributed by atoms with E-state index >= 15 is 0 Å². The minimum atomic E-state index is -0.0347. The van der Waals surface area contributed by atoms with Crippen LogP contribution >= 0.6 is 0 Å². The first kappa shape index (κ1) is 8.62. The van der Waals surface area contributed by atoms with E-state index in [4.69, 9.17) is 12.2 Å². The van der Waals surface area contributed by atoms with Gasteiger partial charge in [0.2, 0.25) is 0 Å². The molecule has 1 rings (SSSR count). The lowest BCUT2D eigenvalue weighted by atomic mass is 9.78. The third kappa shape index (κ3) is 1.57. The van der Waals surface area contributed by atoms with Gasteiger partial charge in [-0.1, -0.05) is 26.2 Å². The van der Waals surface area contributed by atoms with E-state index < -0.39 is 0 Å². The molecule has 0 saturated heterocycles. The summed E-state index contributed by atoms with van der Waals surface area (Å²) >= 11 is 0. The summed E-state index contributed by atoms with van der Waals surface area (Å²) in [6, 6.07) is -0.0347. The van der Waals surface area contributed by atoms with E-state index in [-0.39, 0.29) is 6.04 Å². The molecule has 1 aliphatic carbocycles. The Morgan fingerprint density at radius 1 is 1.64 bits per heavy atom. The van der Waals surface area contributed by atoms with Crippen molar-refractivity contribution in [3.8, 4) is 12.3 Å². The molecule has 0 aromatic rings. The van der Waals surface area contributed by atoms with Gasteiger partial charge in [0.1, 0.15) is 0 Å². The molecule has 1 fully saturated rings. The summed E-state index contributed by atoms with van der Waals surface area (Å²) in [4.78, 5) is 0. The van der Waals surface area contributed by atoms with Crippen LogP contribution in [0.3, 0.4) is 0 Å². The molecular formula is C10H17N. The van der Waals surface area contributed by atoms with Crippen LogP contribution in [0.1, 0.15) is 33.1 Å². The molecule has 11 heavy (non-hydrogen) atoms. The van der Waals surface area contributed by atoms with Gasteiger partial charge in [0.15, 0.2) is 0 Å². The highest BCUT2D eigenvalue weighted by atomic mass is 14.7. The highest BCUT2D eigenvalue weighted by Crippen LogP contribution is 2.43. The molecule has 0 radical (unpaired) electrons. The van der Waals surface area contributed by atoms with Crippen LogP contribution in [-0.4, -0.2) is 6.04 Å². The van der Waals surface area contributed by atoms with Crippen molar-refractivity contribution >= 4 is 0 Å². The van der Waals surface area contributed by atoms with Gasteiger partial charge in [0, 0.05) is 0 Å². The Labute approximate surface area is 69.4 Å². The van der Waals surface area contributed by atoms with Crippen molar-refractivity contribution in [2.75, 3.05) is 0 Å². The van der Waals surface area contributed by atoms with E-state index in [9.17, 15) is 0 Å². The van der Waals surface area contributed by atoms with Crippen molar-refractivity contribution in [2.24, 2.45) is 17.1 Å². The predicted molar refractivity (Wildman–Crippen MR) is 47.9 cm³/mol. The van der Waals surface area contributed by atoms with Crippen molar-refractivity contribution in [1.82, 2.24) is 0 Å². The van der Waals surface area contributed by atoms with E-state index in [1.165, 1.54) is 19.3 Å². The van der Waals surface area contributed by atoms with Crippen molar-refractivity contribution in [2.45, 2.75) is 39.2 Å². The van der Waals surface area contributed by atoms with Gasteiger partial charge in [0.25, 0.3) is 0 Å². The second-order valence-electron chi connectivity index (χ2n) is 4.18. The second-order valence-corrected chi connectivity index (χ2v) is 4.18. The SMILES string of the molecule is C#CC(N)C1CCCC1(C)C. The first-order chi connectivity index (χ1) is 5.08. The van der Waals surface area contributed by atoms with Crippen LogP contribution in [0.4, 0.5) is 0 Å². The summed E-state index contributed by atoms with van der Waals surface area (Å²) < 4.78 is 0. The largest absolute Gasteiger partial charge is 0.317 e. The van der Waals surface area contributed by atoms with Gasteiger partial charge in [-0.3, -0.25) is 0 Å². The topological polar surface area (TPSA) is 26.0 Å². The smallest absolute Gasteiger partial charge is 0.0695 e. The quantitative estimate of drug-likeness (QED) is 0.568. The Morgan fingerprint density at radius 3 is 2.64 bits per heavy atom. The first-order valence-electron chi connectivity index (χ1n) is 4.29. The van der Waals surface area contributed by atoms with Gasteiger partial charge in [-0.15, -0.1) is 6.42 Å². The third-order valence-electron chi connectivity index (χ3n) is 2.97. The third-order valence-corrected chi connectivity index (χ3v) is 2.97. The Morgan fingerprint density at radius 2 is 2.27 bits per heavy atom. The molecule has 0 bridgehead atoms.